The number of carbonyl (C=O) groups is 2. The highest BCUT2D eigenvalue weighted by Gasteiger charge is 2.18. The van der Waals surface area contributed by atoms with Crippen LogP contribution in [0.3, 0.4) is 0 Å². The number of anilines is 2. The van der Waals surface area contributed by atoms with Crippen LogP contribution in [0.4, 0.5) is 16.3 Å². The number of amides is 3. The summed E-state index contributed by atoms with van der Waals surface area (Å²) in [6.45, 7) is 1.50. The fourth-order valence-electron chi connectivity index (χ4n) is 3.55. The van der Waals surface area contributed by atoms with Gasteiger partial charge in [0.15, 0.2) is 5.11 Å². The summed E-state index contributed by atoms with van der Waals surface area (Å²) in [6.07, 6.45) is 3.80. The van der Waals surface area contributed by atoms with E-state index in [-0.39, 0.29) is 23.5 Å². The molecule has 0 saturated carbocycles. The number of aromatic nitrogens is 1. The number of ether oxygens (including phenoxy) is 1. The van der Waals surface area contributed by atoms with E-state index in [1.807, 2.05) is 30.3 Å². The molecule has 1 aromatic heterocycles. The number of rotatable bonds is 6. The monoisotopic (exact) mass is 509 g/mol. The first-order valence-electron chi connectivity index (χ1n) is 11.1. The molecule has 2 heterocycles. The van der Waals surface area contributed by atoms with E-state index in [1.54, 1.807) is 41.4 Å². The SMILES string of the molecule is O=C(Cc1ccccc1)NC(=S)Nc1ccc(Oc2ccnc(NC(=O)N3CCCC3)c2)cc1Cl. The van der Waals surface area contributed by atoms with Crippen LogP contribution >= 0.6 is 23.8 Å². The molecule has 1 saturated heterocycles. The summed E-state index contributed by atoms with van der Waals surface area (Å²) in [4.78, 5) is 30.4. The van der Waals surface area contributed by atoms with Gasteiger partial charge in [0, 0.05) is 31.4 Å². The van der Waals surface area contributed by atoms with Crippen LogP contribution in [-0.2, 0) is 11.2 Å². The highest BCUT2D eigenvalue weighted by Crippen LogP contribution is 2.30. The maximum Gasteiger partial charge on any atom is 0.323 e. The van der Waals surface area contributed by atoms with Crippen LogP contribution in [0.5, 0.6) is 11.5 Å². The van der Waals surface area contributed by atoms with Crippen LogP contribution in [-0.4, -0.2) is 40.0 Å². The average Bonchev–Trinajstić information content (AvgIpc) is 3.37. The first-order chi connectivity index (χ1) is 17.0. The van der Waals surface area contributed by atoms with E-state index in [9.17, 15) is 9.59 Å². The van der Waals surface area contributed by atoms with Crippen molar-refractivity contribution in [2.45, 2.75) is 19.3 Å². The van der Waals surface area contributed by atoms with E-state index < -0.39 is 0 Å². The van der Waals surface area contributed by atoms with Crippen molar-refractivity contribution in [2.75, 3.05) is 23.7 Å². The summed E-state index contributed by atoms with van der Waals surface area (Å²) in [6, 6.07) is 17.6. The largest absolute Gasteiger partial charge is 0.457 e. The summed E-state index contributed by atoms with van der Waals surface area (Å²) in [7, 11) is 0. The third-order valence-electron chi connectivity index (χ3n) is 5.24. The number of likely N-dealkylation sites (tertiary alicyclic amines) is 1. The third kappa shape index (κ3) is 7.14. The van der Waals surface area contributed by atoms with Crippen LogP contribution in [0.15, 0.2) is 66.9 Å². The fraction of sp³-hybridized carbons (Fsp3) is 0.200. The molecule has 0 radical (unpaired) electrons. The molecule has 4 rings (SSSR count). The van der Waals surface area contributed by atoms with Gasteiger partial charge in [-0.1, -0.05) is 41.9 Å². The Morgan fingerprint density at radius 1 is 1.00 bits per heavy atom. The molecule has 180 valence electrons. The predicted octanol–water partition coefficient (Wildman–Crippen LogP) is 5.21. The highest BCUT2D eigenvalue weighted by molar-refractivity contribution is 7.80. The lowest BCUT2D eigenvalue weighted by atomic mass is 10.1. The minimum atomic E-state index is -0.227. The molecule has 1 aliphatic heterocycles. The molecule has 0 unspecified atom stereocenters. The number of thiocarbonyl (C=S) groups is 1. The molecule has 1 fully saturated rings. The average molecular weight is 510 g/mol. The summed E-state index contributed by atoms with van der Waals surface area (Å²) >= 11 is 11.6. The minimum Gasteiger partial charge on any atom is -0.457 e. The van der Waals surface area contributed by atoms with Gasteiger partial charge in [-0.3, -0.25) is 10.1 Å². The lowest BCUT2D eigenvalue weighted by molar-refractivity contribution is -0.119. The highest BCUT2D eigenvalue weighted by atomic mass is 35.5. The van der Waals surface area contributed by atoms with Crippen molar-refractivity contribution in [1.82, 2.24) is 15.2 Å². The van der Waals surface area contributed by atoms with Gasteiger partial charge in [-0.2, -0.15) is 0 Å². The van der Waals surface area contributed by atoms with Crippen molar-refractivity contribution < 1.29 is 14.3 Å². The zero-order chi connectivity index (χ0) is 24.6. The number of benzene rings is 2. The van der Waals surface area contributed by atoms with E-state index in [4.69, 9.17) is 28.6 Å². The Bertz CT molecular complexity index is 1220. The molecule has 3 N–H and O–H groups in total. The van der Waals surface area contributed by atoms with E-state index >= 15 is 0 Å². The molecule has 2 aromatic carbocycles. The number of hydrogen-bond acceptors (Lipinski definition) is 5. The summed E-state index contributed by atoms with van der Waals surface area (Å²) in [5.74, 6) is 1.16. The van der Waals surface area contributed by atoms with Gasteiger partial charge in [-0.25, -0.2) is 9.78 Å². The minimum absolute atomic E-state index is 0.147. The Labute approximate surface area is 213 Å². The topological polar surface area (TPSA) is 95.6 Å². The lowest BCUT2D eigenvalue weighted by Crippen LogP contribution is -2.35. The molecule has 0 bridgehead atoms. The predicted molar refractivity (Wildman–Crippen MR) is 140 cm³/mol. The summed E-state index contributed by atoms with van der Waals surface area (Å²) in [5, 5.41) is 8.87. The number of urea groups is 1. The standard InChI is InChI=1S/C25H24ClN5O3S/c26-20-15-18(34-19-10-11-27-22(16-19)29-25(33)31-12-4-5-13-31)8-9-21(20)28-24(35)30-23(32)14-17-6-2-1-3-7-17/h1-3,6-11,15-16H,4-5,12-14H2,(H,27,29,33)(H2,28,30,32,35). The Morgan fingerprint density at radius 2 is 1.74 bits per heavy atom. The van der Waals surface area contributed by atoms with Crippen LogP contribution < -0.4 is 20.7 Å². The van der Waals surface area contributed by atoms with Crippen molar-refractivity contribution >= 4 is 52.4 Å². The van der Waals surface area contributed by atoms with Crippen molar-refractivity contribution in [3.63, 3.8) is 0 Å². The molecule has 3 aromatic rings. The van der Waals surface area contributed by atoms with Crippen molar-refractivity contribution in [2.24, 2.45) is 0 Å². The van der Waals surface area contributed by atoms with Gasteiger partial charge in [0.05, 0.1) is 17.1 Å². The maximum absolute atomic E-state index is 12.3. The van der Waals surface area contributed by atoms with E-state index in [0.717, 1.165) is 31.5 Å². The van der Waals surface area contributed by atoms with Gasteiger partial charge < -0.3 is 20.3 Å². The van der Waals surface area contributed by atoms with Gasteiger partial charge in [-0.15, -0.1) is 0 Å². The number of pyridine rings is 1. The normalized spacial score (nSPS) is 12.7. The van der Waals surface area contributed by atoms with Gasteiger partial charge in [0.1, 0.15) is 17.3 Å². The van der Waals surface area contributed by atoms with Gasteiger partial charge >= 0.3 is 6.03 Å². The van der Waals surface area contributed by atoms with Crippen LogP contribution in [0, 0.1) is 0 Å². The van der Waals surface area contributed by atoms with Crippen molar-refractivity contribution in [3.8, 4) is 11.5 Å². The third-order valence-corrected chi connectivity index (χ3v) is 5.76. The number of halogens is 1. The van der Waals surface area contributed by atoms with Crippen LogP contribution in [0.1, 0.15) is 18.4 Å². The summed E-state index contributed by atoms with van der Waals surface area (Å²) < 4.78 is 5.88. The molecule has 3 amide bonds. The number of carbonyl (C=O) groups excluding carboxylic acids is 2. The first-order valence-corrected chi connectivity index (χ1v) is 11.9. The molecule has 10 heteroatoms. The molecule has 0 spiro atoms. The molecular weight excluding hydrogens is 486 g/mol. The number of nitrogens with zero attached hydrogens (tertiary/aromatic N) is 2. The fourth-order valence-corrected chi connectivity index (χ4v) is 4.00. The Balaban J connectivity index is 1.32. The van der Waals surface area contributed by atoms with Crippen LogP contribution in [0.2, 0.25) is 5.02 Å². The molecule has 35 heavy (non-hydrogen) atoms. The second kappa shape index (κ2) is 11.6. The lowest BCUT2D eigenvalue weighted by Gasteiger charge is -2.16. The quantitative estimate of drug-likeness (QED) is 0.395. The van der Waals surface area contributed by atoms with E-state index in [2.05, 4.69) is 20.9 Å². The molecule has 0 aliphatic carbocycles. The molecule has 0 atom stereocenters. The Morgan fingerprint density at radius 3 is 2.49 bits per heavy atom. The number of nitrogens with one attached hydrogen (secondary N) is 3. The van der Waals surface area contributed by atoms with Gasteiger partial charge in [-0.05, 0) is 48.8 Å². The van der Waals surface area contributed by atoms with Gasteiger partial charge in [0.2, 0.25) is 5.91 Å². The Hall–Kier alpha value is -3.69. The van der Waals surface area contributed by atoms with Crippen molar-refractivity contribution in [3.05, 3.63) is 77.4 Å². The Kier molecular flexibility index (Phi) is 8.12. The zero-order valence-corrected chi connectivity index (χ0v) is 20.4. The van der Waals surface area contributed by atoms with E-state index in [1.165, 1.54) is 0 Å². The second-order valence-corrected chi connectivity index (χ2v) is 8.72. The number of hydrogen-bond donors (Lipinski definition) is 3. The maximum atomic E-state index is 12.3. The smallest absolute Gasteiger partial charge is 0.323 e. The molecule has 8 nitrogen and oxygen atoms in total. The first kappa shape index (κ1) is 24.4. The molecule has 1 aliphatic rings. The van der Waals surface area contributed by atoms with Crippen molar-refractivity contribution in [1.29, 1.82) is 0 Å². The molecular formula is C25H24ClN5O3S. The van der Waals surface area contributed by atoms with Gasteiger partial charge in [0.25, 0.3) is 0 Å². The zero-order valence-electron chi connectivity index (χ0n) is 18.8. The van der Waals surface area contributed by atoms with Crippen LogP contribution in [0.25, 0.3) is 0 Å². The van der Waals surface area contributed by atoms with E-state index in [0.29, 0.717) is 28.0 Å². The summed E-state index contributed by atoms with van der Waals surface area (Å²) in [5.41, 5.74) is 1.42. The second-order valence-electron chi connectivity index (χ2n) is 7.91.